The summed E-state index contributed by atoms with van der Waals surface area (Å²) in [6.45, 7) is 0.632. The lowest BCUT2D eigenvalue weighted by atomic mass is 10.1. The standard InChI is InChI=1S/C11H17N3O5/c1-11(5-15,6-16)12-4-7-8(17)13(2)10(19)14(3)9(7)18/h4,15-17H,5-6H2,1-3H3. The van der Waals surface area contributed by atoms with Gasteiger partial charge in [-0.25, -0.2) is 4.79 Å². The molecule has 0 amide bonds. The van der Waals surface area contributed by atoms with Gasteiger partial charge in [0.1, 0.15) is 11.1 Å². The van der Waals surface area contributed by atoms with Crippen LogP contribution in [0.4, 0.5) is 0 Å². The summed E-state index contributed by atoms with van der Waals surface area (Å²) in [4.78, 5) is 27.2. The smallest absolute Gasteiger partial charge is 0.333 e. The lowest BCUT2D eigenvalue weighted by Gasteiger charge is -2.18. The van der Waals surface area contributed by atoms with Crippen molar-refractivity contribution in [2.24, 2.45) is 19.1 Å². The first kappa shape index (κ1) is 15.1. The molecule has 1 heterocycles. The molecule has 0 aliphatic carbocycles. The number of aromatic hydroxyl groups is 1. The van der Waals surface area contributed by atoms with Gasteiger partial charge in [0.25, 0.3) is 5.56 Å². The van der Waals surface area contributed by atoms with E-state index in [1.807, 2.05) is 0 Å². The highest BCUT2D eigenvalue weighted by atomic mass is 16.3. The van der Waals surface area contributed by atoms with Crippen LogP contribution in [0.3, 0.4) is 0 Å². The predicted octanol–water partition coefficient (Wildman–Crippen LogP) is -2.05. The second-order valence-electron chi connectivity index (χ2n) is 4.51. The second-order valence-corrected chi connectivity index (χ2v) is 4.51. The van der Waals surface area contributed by atoms with Gasteiger partial charge in [-0.2, -0.15) is 0 Å². The van der Waals surface area contributed by atoms with Crippen molar-refractivity contribution in [3.05, 3.63) is 26.4 Å². The predicted molar refractivity (Wildman–Crippen MR) is 68.8 cm³/mol. The van der Waals surface area contributed by atoms with Crippen molar-refractivity contribution >= 4 is 6.21 Å². The van der Waals surface area contributed by atoms with E-state index in [4.69, 9.17) is 10.2 Å². The molecule has 8 heteroatoms. The first-order valence-corrected chi connectivity index (χ1v) is 5.53. The lowest BCUT2D eigenvalue weighted by Crippen LogP contribution is -2.39. The molecule has 0 spiro atoms. The molecule has 0 atom stereocenters. The number of aromatic nitrogens is 2. The minimum atomic E-state index is -1.16. The maximum Gasteiger partial charge on any atom is 0.333 e. The molecule has 0 radical (unpaired) electrons. The quantitative estimate of drug-likeness (QED) is 0.545. The van der Waals surface area contributed by atoms with Gasteiger partial charge in [-0.15, -0.1) is 0 Å². The van der Waals surface area contributed by atoms with Crippen LogP contribution in [-0.4, -0.2) is 49.4 Å². The summed E-state index contributed by atoms with van der Waals surface area (Å²) in [5.74, 6) is -0.518. The van der Waals surface area contributed by atoms with E-state index in [1.165, 1.54) is 21.0 Å². The number of aliphatic hydroxyl groups excluding tert-OH is 2. The van der Waals surface area contributed by atoms with E-state index in [9.17, 15) is 14.7 Å². The Morgan fingerprint density at radius 1 is 1.21 bits per heavy atom. The summed E-state index contributed by atoms with van der Waals surface area (Å²) < 4.78 is 1.73. The first-order chi connectivity index (χ1) is 8.77. The minimum absolute atomic E-state index is 0.183. The number of hydrogen-bond donors (Lipinski definition) is 3. The zero-order chi connectivity index (χ0) is 14.8. The van der Waals surface area contributed by atoms with Crippen LogP contribution < -0.4 is 11.2 Å². The van der Waals surface area contributed by atoms with Crippen molar-refractivity contribution in [3.8, 4) is 5.88 Å². The maximum atomic E-state index is 11.8. The highest BCUT2D eigenvalue weighted by molar-refractivity contribution is 5.82. The molecule has 0 saturated carbocycles. The summed E-state index contributed by atoms with van der Waals surface area (Å²) in [6, 6.07) is 0. The summed E-state index contributed by atoms with van der Waals surface area (Å²) >= 11 is 0. The Balaban J connectivity index is 3.43. The Labute approximate surface area is 108 Å². The monoisotopic (exact) mass is 271 g/mol. The van der Waals surface area contributed by atoms with Gasteiger partial charge in [-0.1, -0.05) is 0 Å². The third-order valence-electron chi connectivity index (χ3n) is 2.85. The molecule has 106 valence electrons. The molecule has 0 unspecified atom stereocenters. The van der Waals surface area contributed by atoms with Crippen LogP contribution in [0.25, 0.3) is 0 Å². The van der Waals surface area contributed by atoms with Crippen LogP contribution in [-0.2, 0) is 14.1 Å². The fraction of sp³-hybridized carbons (Fsp3) is 0.545. The third-order valence-corrected chi connectivity index (χ3v) is 2.85. The van der Waals surface area contributed by atoms with E-state index >= 15 is 0 Å². The summed E-state index contributed by atoms with van der Waals surface area (Å²) in [5, 5.41) is 27.9. The fourth-order valence-corrected chi connectivity index (χ4v) is 1.32. The minimum Gasteiger partial charge on any atom is -0.494 e. The third kappa shape index (κ3) is 2.74. The van der Waals surface area contributed by atoms with Gasteiger partial charge in [0.15, 0.2) is 0 Å². The van der Waals surface area contributed by atoms with Crippen molar-refractivity contribution in [3.63, 3.8) is 0 Å². The van der Waals surface area contributed by atoms with Crippen molar-refractivity contribution in [1.29, 1.82) is 0 Å². The Morgan fingerprint density at radius 2 is 1.74 bits per heavy atom. The van der Waals surface area contributed by atoms with Gasteiger partial charge >= 0.3 is 5.69 Å². The molecule has 1 aromatic rings. The maximum absolute atomic E-state index is 11.8. The first-order valence-electron chi connectivity index (χ1n) is 5.53. The fourth-order valence-electron chi connectivity index (χ4n) is 1.32. The average Bonchev–Trinajstić information content (AvgIpc) is 2.42. The summed E-state index contributed by atoms with van der Waals surface area (Å²) in [5.41, 5.74) is -2.71. The zero-order valence-electron chi connectivity index (χ0n) is 11.0. The topological polar surface area (TPSA) is 117 Å². The van der Waals surface area contributed by atoms with Gasteiger partial charge < -0.3 is 15.3 Å². The van der Waals surface area contributed by atoms with Crippen LogP contribution in [0.1, 0.15) is 12.5 Å². The molecule has 0 saturated heterocycles. The molecular formula is C11H17N3O5. The van der Waals surface area contributed by atoms with E-state index in [0.717, 1.165) is 15.3 Å². The molecule has 8 nitrogen and oxygen atoms in total. The number of aliphatic imine (C=N–C) groups is 1. The van der Waals surface area contributed by atoms with E-state index in [0.29, 0.717) is 0 Å². The zero-order valence-corrected chi connectivity index (χ0v) is 11.0. The van der Waals surface area contributed by atoms with Crippen LogP contribution in [0, 0.1) is 0 Å². The van der Waals surface area contributed by atoms with Crippen LogP contribution >= 0.6 is 0 Å². The molecule has 19 heavy (non-hydrogen) atoms. The Hall–Kier alpha value is -1.93. The molecule has 0 aliphatic rings. The van der Waals surface area contributed by atoms with Crippen LogP contribution in [0.2, 0.25) is 0 Å². The van der Waals surface area contributed by atoms with Crippen molar-refractivity contribution in [2.75, 3.05) is 13.2 Å². The van der Waals surface area contributed by atoms with Crippen LogP contribution in [0.5, 0.6) is 5.88 Å². The largest absolute Gasteiger partial charge is 0.494 e. The number of aliphatic hydroxyl groups is 2. The van der Waals surface area contributed by atoms with Gasteiger partial charge in [-0.3, -0.25) is 18.9 Å². The Morgan fingerprint density at radius 3 is 2.21 bits per heavy atom. The SMILES string of the molecule is Cn1c(O)c(C=NC(C)(CO)CO)c(=O)n(C)c1=O. The molecule has 1 rings (SSSR count). The highest BCUT2D eigenvalue weighted by Gasteiger charge is 2.21. The van der Waals surface area contributed by atoms with E-state index < -0.39 is 35.9 Å². The number of rotatable bonds is 4. The van der Waals surface area contributed by atoms with Gasteiger partial charge in [0.05, 0.1) is 13.2 Å². The van der Waals surface area contributed by atoms with Crippen molar-refractivity contribution in [1.82, 2.24) is 9.13 Å². The van der Waals surface area contributed by atoms with Gasteiger partial charge in [0.2, 0.25) is 5.88 Å². The van der Waals surface area contributed by atoms with E-state index in [-0.39, 0.29) is 5.56 Å². The van der Waals surface area contributed by atoms with E-state index in [2.05, 4.69) is 4.99 Å². The molecule has 0 aliphatic heterocycles. The van der Waals surface area contributed by atoms with E-state index in [1.54, 1.807) is 0 Å². The lowest BCUT2D eigenvalue weighted by molar-refractivity contribution is 0.136. The molecule has 0 fully saturated rings. The molecule has 0 aromatic carbocycles. The van der Waals surface area contributed by atoms with Crippen molar-refractivity contribution in [2.45, 2.75) is 12.5 Å². The van der Waals surface area contributed by atoms with Gasteiger partial charge in [0, 0.05) is 20.3 Å². The molecule has 0 bridgehead atoms. The highest BCUT2D eigenvalue weighted by Crippen LogP contribution is 2.10. The van der Waals surface area contributed by atoms with Crippen LogP contribution in [0.15, 0.2) is 14.6 Å². The average molecular weight is 271 g/mol. The summed E-state index contributed by atoms with van der Waals surface area (Å²) in [6.07, 6.45) is 1.05. The second kappa shape index (κ2) is 5.37. The van der Waals surface area contributed by atoms with Gasteiger partial charge in [-0.05, 0) is 6.92 Å². The number of nitrogens with zero attached hydrogens (tertiary/aromatic N) is 3. The summed E-state index contributed by atoms with van der Waals surface area (Å²) in [7, 11) is 2.59. The molecule has 3 N–H and O–H groups in total. The van der Waals surface area contributed by atoms with Crippen molar-refractivity contribution < 1.29 is 15.3 Å². The Kier molecular flexibility index (Phi) is 4.28. The normalized spacial score (nSPS) is 12.3. The Bertz CT molecular complexity index is 610. The number of hydrogen-bond acceptors (Lipinski definition) is 6. The molecule has 1 aromatic heterocycles. The molecular weight excluding hydrogens is 254 g/mol.